The molecule has 0 bridgehead atoms. The molecule has 6 heteroatoms. The van der Waals surface area contributed by atoms with Gasteiger partial charge in [0, 0.05) is 13.1 Å². The Balaban J connectivity index is 2.05. The summed E-state index contributed by atoms with van der Waals surface area (Å²) in [5, 5.41) is 18.8. The number of aliphatic carboxylic acids is 1. The molecule has 1 atom stereocenters. The van der Waals surface area contributed by atoms with Crippen molar-refractivity contribution in [2.75, 3.05) is 19.9 Å². The second-order valence-electron chi connectivity index (χ2n) is 5.07. The van der Waals surface area contributed by atoms with Crippen molar-refractivity contribution in [1.82, 2.24) is 4.90 Å². The van der Waals surface area contributed by atoms with Gasteiger partial charge in [0.15, 0.2) is 17.1 Å². The predicted octanol–water partition coefficient (Wildman–Crippen LogP) is 1.07. The highest BCUT2D eigenvalue weighted by Gasteiger charge is 2.32. The molecule has 2 rings (SSSR count). The number of nitrogens with zero attached hydrogens (tertiary/aromatic N) is 1. The highest BCUT2D eigenvalue weighted by Crippen LogP contribution is 2.32. The quantitative estimate of drug-likeness (QED) is 0.812. The van der Waals surface area contributed by atoms with E-state index in [1.165, 1.54) is 6.92 Å². The first-order valence-corrected chi connectivity index (χ1v) is 6.49. The highest BCUT2D eigenvalue weighted by atomic mass is 16.7. The van der Waals surface area contributed by atoms with Crippen LogP contribution in [0.25, 0.3) is 0 Å². The summed E-state index contributed by atoms with van der Waals surface area (Å²) >= 11 is 0. The summed E-state index contributed by atoms with van der Waals surface area (Å²) in [6.07, 6.45) is 0. The van der Waals surface area contributed by atoms with Gasteiger partial charge in [0.25, 0.3) is 0 Å². The summed E-state index contributed by atoms with van der Waals surface area (Å²) in [7, 11) is 0. The normalized spacial score (nSPS) is 16.2. The number of rotatable bonds is 6. The van der Waals surface area contributed by atoms with Crippen molar-refractivity contribution >= 4 is 5.97 Å². The first kappa shape index (κ1) is 14.6. The molecule has 0 saturated heterocycles. The summed E-state index contributed by atoms with van der Waals surface area (Å²) < 4.78 is 10.6. The van der Waals surface area contributed by atoms with E-state index in [-0.39, 0.29) is 13.3 Å². The number of likely N-dealkylation sites (N-methyl/N-ethyl adjacent to an activating group) is 1. The minimum atomic E-state index is -1.76. The molecule has 6 nitrogen and oxygen atoms in total. The van der Waals surface area contributed by atoms with E-state index in [0.29, 0.717) is 24.6 Å². The first-order valence-electron chi connectivity index (χ1n) is 6.49. The molecule has 1 aromatic rings. The van der Waals surface area contributed by atoms with Crippen LogP contribution in [0.3, 0.4) is 0 Å². The fourth-order valence-corrected chi connectivity index (χ4v) is 2.08. The zero-order chi connectivity index (χ0) is 14.8. The van der Waals surface area contributed by atoms with Crippen LogP contribution in [-0.2, 0) is 11.3 Å². The average Bonchev–Trinajstić information content (AvgIpc) is 2.84. The van der Waals surface area contributed by atoms with Crippen molar-refractivity contribution in [3.8, 4) is 11.5 Å². The van der Waals surface area contributed by atoms with Gasteiger partial charge >= 0.3 is 5.97 Å². The molecule has 0 aromatic heterocycles. The first-order chi connectivity index (χ1) is 9.42. The zero-order valence-electron chi connectivity index (χ0n) is 11.6. The van der Waals surface area contributed by atoms with Crippen molar-refractivity contribution in [3.05, 3.63) is 23.8 Å². The smallest absolute Gasteiger partial charge is 0.336 e. The summed E-state index contributed by atoms with van der Waals surface area (Å²) in [4.78, 5) is 12.8. The topological polar surface area (TPSA) is 79.2 Å². The lowest BCUT2D eigenvalue weighted by Gasteiger charge is -2.27. The lowest BCUT2D eigenvalue weighted by atomic mass is 10.1. The summed E-state index contributed by atoms with van der Waals surface area (Å²) in [6, 6.07) is 5.62. The SMILES string of the molecule is CCN(Cc1ccc2c(c1)OCO2)CC(C)(O)C(=O)O. The van der Waals surface area contributed by atoms with Crippen molar-refractivity contribution in [2.45, 2.75) is 26.0 Å². The standard InChI is InChI=1S/C14H19NO5/c1-3-15(8-14(2,18)13(16)17)7-10-4-5-11-12(6-10)20-9-19-11/h4-6,18H,3,7-9H2,1-2H3,(H,16,17). The molecular formula is C14H19NO5. The molecule has 0 aliphatic carbocycles. The Morgan fingerprint density at radius 1 is 1.40 bits per heavy atom. The lowest BCUT2D eigenvalue weighted by Crippen LogP contribution is -2.46. The monoisotopic (exact) mass is 281 g/mol. The predicted molar refractivity (Wildman–Crippen MR) is 71.8 cm³/mol. The molecule has 0 fully saturated rings. The number of benzene rings is 1. The van der Waals surface area contributed by atoms with E-state index in [1.807, 2.05) is 30.0 Å². The van der Waals surface area contributed by atoms with Crippen molar-refractivity contribution < 1.29 is 24.5 Å². The third-order valence-electron chi connectivity index (χ3n) is 3.28. The van der Waals surface area contributed by atoms with E-state index in [2.05, 4.69) is 0 Å². The van der Waals surface area contributed by atoms with Gasteiger partial charge < -0.3 is 19.7 Å². The molecule has 2 N–H and O–H groups in total. The third-order valence-corrected chi connectivity index (χ3v) is 3.28. The molecular weight excluding hydrogens is 262 g/mol. The van der Waals surface area contributed by atoms with Gasteiger partial charge in [-0.3, -0.25) is 4.90 Å². The molecule has 110 valence electrons. The van der Waals surface area contributed by atoms with E-state index in [9.17, 15) is 9.90 Å². The second kappa shape index (κ2) is 5.68. The van der Waals surface area contributed by atoms with E-state index in [4.69, 9.17) is 14.6 Å². The molecule has 0 spiro atoms. The van der Waals surface area contributed by atoms with Gasteiger partial charge in [-0.1, -0.05) is 13.0 Å². The summed E-state index contributed by atoms with van der Waals surface area (Å²) in [5.41, 5.74) is -0.774. The van der Waals surface area contributed by atoms with Gasteiger partial charge in [-0.15, -0.1) is 0 Å². The van der Waals surface area contributed by atoms with E-state index >= 15 is 0 Å². The molecule has 1 aliphatic rings. The minimum Gasteiger partial charge on any atom is -0.479 e. The van der Waals surface area contributed by atoms with Crippen LogP contribution >= 0.6 is 0 Å². The van der Waals surface area contributed by atoms with E-state index < -0.39 is 11.6 Å². The molecule has 20 heavy (non-hydrogen) atoms. The average molecular weight is 281 g/mol. The van der Waals surface area contributed by atoms with Crippen LogP contribution in [0.4, 0.5) is 0 Å². The maximum Gasteiger partial charge on any atom is 0.336 e. The van der Waals surface area contributed by atoms with Crippen molar-refractivity contribution in [2.24, 2.45) is 0 Å². The second-order valence-corrected chi connectivity index (χ2v) is 5.07. The molecule has 1 heterocycles. The number of hydrogen-bond donors (Lipinski definition) is 2. The number of carbonyl (C=O) groups is 1. The summed E-state index contributed by atoms with van der Waals surface area (Å²) in [5.74, 6) is 0.194. The Morgan fingerprint density at radius 2 is 2.10 bits per heavy atom. The molecule has 1 aliphatic heterocycles. The summed E-state index contributed by atoms with van der Waals surface area (Å²) in [6.45, 7) is 4.69. The van der Waals surface area contributed by atoms with Crippen LogP contribution in [0.15, 0.2) is 18.2 Å². The number of fused-ring (bicyclic) bond motifs is 1. The van der Waals surface area contributed by atoms with Crippen molar-refractivity contribution in [1.29, 1.82) is 0 Å². The number of ether oxygens (including phenoxy) is 2. The molecule has 1 unspecified atom stereocenters. The number of hydrogen-bond acceptors (Lipinski definition) is 5. The molecule has 1 aromatic carbocycles. The van der Waals surface area contributed by atoms with Crippen molar-refractivity contribution in [3.63, 3.8) is 0 Å². The zero-order valence-corrected chi connectivity index (χ0v) is 11.6. The van der Waals surface area contributed by atoms with Gasteiger partial charge in [0.1, 0.15) is 0 Å². The Labute approximate surface area is 117 Å². The molecule has 0 amide bonds. The fraction of sp³-hybridized carbons (Fsp3) is 0.500. The third kappa shape index (κ3) is 3.20. The lowest BCUT2D eigenvalue weighted by molar-refractivity contribution is -0.158. The number of carboxylic acid groups (broad SMARTS) is 1. The van der Waals surface area contributed by atoms with Crippen LogP contribution in [0.5, 0.6) is 11.5 Å². The van der Waals surface area contributed by atoms with Gasteiger partial charge in [-0.2, -0.15) is 0 Å². The molecule has 0 saturated carbocycles. The van der Waals surface area contributed by atoms with Crippen LogP contribution in [0, 0.1) is 0 Å². The van der Waals surface area contributed by atoms with E-state index in [1.54, 1.807) is 0 Å². The minimum absolute atomic E-state index is 0.0628. The van der Waals surface area contributed by atoms with Crippen LogP contribution < -0.4 is 9.47 Å². The fourth-order valence-electron chi connectivity index (χ4n) is 2.08. The Morgan fingerprint density at radius 3 is 2.75 bits per heavy atom. The number of aliphatic hydroxyl groups is 1. The molecule has 0 radical (unpaired) electrons. The van der Waals surface area contributed by atoms with Crippen LogP contribution in [0.1, 0.15) is 19.4 Å². The number of carboxylic acids is 1. The maximum absolute atomic E-state index is 11.0. The van der Waals surface area contributed by atoms with Gasteiger partial charge in [-0.25, -0.2) is 4.79 Å². The van der Waals surface area contributed by atoms with Gasteiger partial charge in [0.2, 0.25) is 6.79 Å². The Kier molecular flexibility index (Phi) is 4.15. The van der Waals surface area contributed by atoms with Gasteiger partial charge in [-0.05, 0) is 31.2 Å². The highest BCUT2D eigenvalue weighted by molar-refractivity contribution is 5.76. The van der Waals surface area contributed by atoms with Gasteiger partial charge in [0.05, 0.1) is 0 Å². The van der Waals surface area contributed by atoms with E-state index in [0.717, 1.165) is 5.56 Å². The maximum atomic E-state index is 11.0. The Bertz CT molecular complexity index is 500. The largest absolute Gasteiger partial charge is 0.479 e. The van der Waals surface area contributed by atoms with Crippen LogP contribution in [0.2, 0.25) is 0 Å². The Hall–Kier alpha value is -1.79. The van der Waals surface area contributed by atoms with Crippen LogP contribution in [-0.4, -0.2) is 46.6 Å².